The van der Waals surface area contributed by atoms with Crippen molar-refractivity contribution in [3.05, 3.63) is 52.6 Å². The number of hydrogen-bond acceptors (Lipinski definition) is 5. The standard InChI is InChI=1S/C15H16N4S/c1-19(8-12-9-20-10-17-12)15-6-11(7-16)18-14-5-3-2-4-13(14)15/h2-6,9-10H,7-8,16H2,1H3. The average Bonchev–Trinajstić information content (AvgIpc) is 2.98. The lowest BCUT2D eigenvalue weighted by molar-refractivity contribution is 0.893. The number of fused-ring (bicyclic) bond motifs is 1. The molecule has 0 fully saturated rings. The van der Waals surface area contributed by atoms with Crippen LogP contribution in [0.2, 0.25) is 0 Å². The Morgan fingerprint density at radius 1 is 1.25 bits per heavy atom. The van der Waals surface area contributed by atoms with Crippen LogP contribution in [-0.4, -0.2) is 17.0 Å². The summed E-state index contributed by atoms with van der Waals surface area (Å²) < 4.78 is 0. The minimum Gasteiger partial charge on any atom is -0.368 e. The number of thiazole rings is 1. The van der Waals surface area contributed by atoms with Crippen molar-refractivity contribution >= 4 is 27.9 Å². The summed E-state index contributed by atoms with van der Waals surface area (Å²) in [5.74, 6) is 0. The van der Waals surface area contributed by atoms with E-state index in [4.69, 9.17) is 5.73 Å². The fraction of sp³-hybridized carbons (Fsp3) is 0.200. The molecule has 0 saturated carbocycles. The van der Waals surface area contributed by atoms with Gasteiger partial charge in [-0.25, -0.2) is 4.98 Å². The van der Waals surface area contributed by atoms with Crippen LogP contribution in [-0.2, 0) is 13.1 Å². The summed E-state index contributed by atoms with van der Waals surface area (Å²) in [7, 11) is 2.07. The predicted octanol–water partition coefficient (Wildman–Crippen LogP) is 2.79. The summed E-state index contributed by atoms with van der Waals surface area (Å²) in [6, 6.07) is 10.2. The monoisotopic (exact) mass is 284 g/mol. The molecule has 2 N–H and O–H groups in total. The van der Waals surface area contributed by atoms with Crippen LogP contribution in [0.25, 0.3) is 10.9 Å². The van der Waals surface area contributed by atoms with Gasteiger partial charge in [0.1, 0.15) is 0 Å². The summed E-state index contributed by atoms with van der Waals surface area (Å²) >= 11 is 1.62. The minimum atomic E-state index is 0.447. The van der Waals surface area contributed by atoms with Gasteiger partial charge in [0, 0.05) is 30.0 Å². The van der Waals surface area contributed by atoms with Gasteiger partial charge in [0.05, 0.1) is 29.0 Å². The summed E-state index contributed by atoms with van der Waals surface area (Å²) in [4.78, 5) is 11.1. The van der Waals surface area contributed by atoms with Crippen LogP contribution in [0.3, 0.4) is 0 Å². The van der Waals surface area contributed by atoms with Gasteiger partial charge in [0.25, 0.3) is 0 Å². The molecule has 3 aromatic rings. The summed E-state index contributed by atoms with van der Waals surface area (Å²) in [6.45, 7) is 1.23. The SMILES string of the molecule is CN(Cc1cscn1)c1cc(CN)nc2ccccc12. The fourth-order valence-electron chi connectivity index (χ4n) is 2.27. The topological polar surface area (TPSA) is 55.0 Å². The highest BCUT2D eigenvalue weighted by atomic mass is 32.1. The highest BCUT2D eigenvalue weighted by Gasteiger charge is 2.10. The van der Waals surface area contributed by atoms with Crippen molar-refractivity contribution in [2.24, 2.45) is 5.73 Å². The number of benzene rings is 1. The van der Waals surface area contributed by atoms with E-state index < -0.39 is 0 Å². The average molecular weight is 284 g/mol. The Morgan fingerprint density at radius 2 is 2.10 bits per heavy atom. The molecule has 20 heavy (non-hydrogen) atoms. The van der Waals surface area contributed by atoms with Crippen LogP contribution < -0.4 is 10.6 Å². The van der Waals surface area contributed by atoms with E-state index in [1.54, 1.807) is 11.3 Å². The van der Waals surface area contributed by atoms with Crippen molar-refractivity contribution in [3.63, 3.8) is 0 Å². The van der Waals surface area contributed by atoms with E-state index >= 15 is 0 Å². The Bertz CT molecular complexity index is 709. The maximum absolute atomic E-state index is 5.75. The number of hydrogen-bond donors (Lipinski definition) is 1. The molecular formula is C15H16N4S. The summed E-state index contributed by atoms with van der Waals surface area (Å²) in [6.07, 6.45) is 0. The molecule has 5 heteroatoms. The molecule has 0 bridgehead atoms. The number of para-hydroxylation sites is 1. The lowest BCUT2D eigenvalue weighted by Gasteiger charge is -2.21. The van der Waals surface area contributed by atoms with E-state index in [1.165, 1.54) is 0 Å². The van der Waals surface area contributed by atoms with Crippen LogP contribution >= 0.6 is 11.3 Å². The summed E-state index contributed by atoms with van der Waals surface area (Å²) in [5, 5.41) is 3.21. The second kappa shape index (κ2) is 5.56. The molecule has 2 aromatic heterocycles. The van der Waals surface area contributed by atoms with Crippen LogP contribution in [0.5, 0.6) is 0 Å². The largest absolute Gasteiger partial charge is 0.368 e. The Hall–Kier alpha value is -1.98. The molecule has 0 aliphatic rings. The van der Waals surface area contributed by atoms with Crippen molar-refractivity contribution < 1.29 is 0 Å². The second-order valence-corrected chi connectivity index (χ2v) is 5.41. The molecule has 1 aromatic carbocycles. The lowest BCUT2D eigenvalue weighted by atomic mass is 10.1. The normalized spacial score (nSPS) is 10.9. The van der Waals surface area contributed by atoms with Crippen LogP contribution in [0.1, 0.15) is 11.4 Å². The molecule has 0 spiro atoms. The number of rotatable bonds is 4. The number of anilines is 1. The van der Waals surface area contributed by atoms with E-state index in [1.807, 2.05) is 23.7 Å². The van der Waals surface area contributed by atoms with Crippen molar-refractivity contribution in [2.75, 3.05) is 11.9 Å². The molecule has 0 atom stereocenters. The maximum Gasteiger partial charge on any atom is 0.0795 e. The molecule has 2 heterocycles. The zero-order valence-electron chi connectivity index (χ0n) is 11.3. The van der Waals surface area contributed by atoms with Crippen LogP contribution in [0, 0.1) is 0 Å². The van der Waals surface area contributed by atoms with Gasteiger partial charge in [-0.1, -0.05) is 18.2 Å². The highest BCUT2D eigenvalue weighted by molar-refractivity contribution is 7.07. The molecule has 0 saturated heterocycles. The van der Waals surface area contributed by atoms with Gasteiger partial charge in [-0.05, 0) is 12.1 Å². The van der Waals surface area contributed by atoms with E-state index in [9.17, 15) is 0 Å². The molecule has 0 amide bonds. The zero-order valence-corrected chi connectivity index (χ0v) is 12.1. The van der Waals surface area contributed by atoms with Gasteiger partial charge in [0.2, 0.25) is 0 Å². The Morgan fingerprint density at radius 3 is 2.85 bits per heavy atom. The maximum atomic E-state index is 5.75. The predicted molar refractivity (Wildman–Crippen MR) is 83.9 cm³/mol. The van der Waals surface area contributed by atoms with Gasteiger partial charge in [-0.2, -0.15) is 0 Å². The number of aromatic nitrogens is 2. The van der Waals surface area contributed by atoms with E-state index in [0.717, 1.165) is 34.5 Å². The number of nitrogens with zero attached hydrogens (tertiary/aromatic N) is 3. The zero-order chi connectivity index (χ0) is 13.9. The van der Waals surface area contributed by atoms with Gasteiger partial charge < -0.3 is 10.6 Å². The first-order valence-corrected chi connectivity index (χ1v) is 7.39. The van der Waals surface area contributed by atoms with Gasteiger partial charge in [-0.15, -0.1) is 11.3 Å². The molecule has 0 unspecified atom stereocenters. The summed E-state index contributed by atoms with van der Waals surface area (Å²) in [5.41, 5.74) is 11.7. The van der Waals surface area contributed by atoms with Gasteiger partial charge in [-0.3, -0.25) is 4.98 Å². The Balaban J connectivity index is 2.04. The highest BCUT2D eigenvalue weighted by Crippen LogP contribution is 2.27. The first-order valence-electron chi connectivity index (χ1n) is 6.45. The third-order valence-corrected chi connectivity index (χ3v) is 3.89. The molecule has 0 aliphatic heterocycles. The molecule has 0 radical (unpaired) electrons. The quantitative estimate of drug-likeness (QED) is 0.800. The number of nitrogens with two attached hydrogens (primary N) is 1. The van der Waals surface area contributed by atoms with E-state index in [0.29, 0.717) is 6.54 Å². The molecule has 0 aliphatic carbocycles. The third kappa shape index (κ3) is 2.50. The van der Waals surface area contributed by atoms with E-state index in [2.05, 4.69) is 39.4 Å². The molecule has 4 nitrogen and oxygen atoms in total. The van der Waals surface area contributed by atoms with Crippen molar-refractivity contribution in [3.8, 4) is 0 Å². The molecule has 102 valence electrons. The van der Waals surface area contributed by atoms with Crippen LogP contribution in [0.15, 0.2) is 41.2 Å². The fourth-order valence-corrected chi connectivity index (χ4v) is 2.82. The third-order valence-electron chi connectivity index (χ3n) is 3.25. The lowest BCUT2D eigenvalue weighted by Crippen LogP contribution is -2.17. The first kappa shape index (κ1) is 13.0. The van der Waals surface area contributed by atoms with Crippen molar-refractivity contribution in [2.45, 2.75) is 13.1 Å². The Kier molecular flexibility index (Phi) is 3.62. The Labute approximate surface area is 121 Å². The van der Waals surface area contributed by atoms with Gasteiger partial charge in [0.15, 0.2) is 0 Å². The van der Waals surface area contributed by atoms with E-state index in [-0.39, 0.29) is 0 Å². The van der Waals surface area contributed by atoms with Gasteiger partial charge >= 0.3 is 0 Å². The number of pyridine rings is 1. The molecule has 3 rings (SSSR count). The molecular weight excluding hydrogens is 268 g/mol. The van der Waals surface area contributed by atoms with Crippen LogP contribution in [0.4, 0.5) is 5.69 Å². The smallest absolute Gasteiger partial charge is 0.0795 e. The van der Waals surface area contributed by atoms with Crippen molar-refractivity contribution in [1.82, 2.24) is 9.97 Å². The second-order valence-electron chi connectivity index (χ2n) is 4.69. The minimum absolute atomic E-state index is 0.447. The first-order chi connectivity index (χ1) is 9.78. The van der Waals surface area contributed by atoms with Crippen molar-refractivity contribution in [1.29, 1.82) is 0 Å².